The fourth-order valence-corrected chi connectivity index (χ4v) is 4.00. The quantitative estimate of drug-likeness (QED) is 0.712. The third-order valence-electron chi connectivity index (χ3n) is 5.75. The van der Waals surface area contributed by atoms with E-state index in [9.17, 15) is 9.59 Å². The zero-order valence-electron chi connectivity index (χ0n) is 16.5. The van der Waals surface area contributed by atoms with E-state index in [1.165, 1.54) is 10.9 Å². The molecule has 0 radical (unpaired) electrons. The van der Waals surface area contributed by atoms with E-state index in [0.717, 1.165) is 22.3 Å². The number of carbonyl (C=O) groups is 2. The van der Waals surface area contributed by atoms with Crippen LogP contribution < -0.4 is 5.32 Å². The highest BCUT2D eigenvalue weighted by atomic mass is 16.2. The Labute approximate surface area is 164 Å². The summed E-state index contributed by atoms with van der Waals surface area (Å²) in [5.74, 6) is -0.164. The van der Waals surface area contributed by atoms with Crippen molar-refractivity contribution in [1.29, 1.82) is 0 Å². The molecule has 0 saturated heterocycles. The average Bonchev–Trinajstić information content (AvgIpc) is 3.18. The topological polar surface area (TPSA) is 65.2 Å². The molecular formula is C23H25N3O2. The molecule has 2 heterocycles. The molecule has 2 aromatic carbocycles. The van der Waals surface area contributed by atoms with Crippen LogP contribution in [0.3, 0.4) is 0 Å². The Morgan fingerprint density at radius 3 is 2.75 bits per heavy atom. The summed E-state index contributed by atoms with van der Waals surface area (Å²) in [6.07, 6.45) is 0.584. The first-order valence-corrected chi connectivity index (χ1v) is 9.74. The number of H-pyrrole nitrogens is 1. The van der Waals surface area contributed by atoms with Crippen LogP contribution in [-0.4, -0.2) is 27.7 Å². The van der Waals surface area contributed by atoms with Crippen LogP contribution in [0.2, 0.25) is 0 Å². The molecule has 4 rings (SSSR count). The first-order valence-electron chi connectivity index (χ1n) is 9.74. The van der Waals surface area contributed by atoms with E-state index in [4.69, 9.17) is 0 Å². The molecule has 2 N–H and O–H groups in total. The average molecular weight is 375 g/mol. The number of nitrogens with one attached hydrogen (secondary N) is 2. The molecule has 0 saturated carbocycles. The van der Waals surface area contributed by atoms with Gasteiger partial charge in [-0.25, -0.2) is 0 Å². The number of aromatic nitrogens is 1. The van der Waals surface area contributed by atoms with Gasteiger partial charge in [0.2, 0.25) is 5.91 Å². The van der Waals surface area contributed by atoms with Gasteiger partial charge in [-0.05, 0) is 55.2 Å². The van der Waals surface area contributed by atoms with Crippen molar-refractivity contribution in [2.75, 3.05) is 0 Å². The van der Waals surface area contributed by atoms with E-state index in [2.05, 4.69) is 36.3 Å². The van der Waals surface area contributed by atoms with Gasteiger partial charge >= 0.3 is 0 Å². The summed E-state index contributed by atoms with van der Waals surface area (Å²) in [6, 6.07) is 13.3. The number of carbonyl (C=O) groups excluding carboxylic acids is 2. The maximum Gasteiger partial charge on any atom is 0.255 e. The number of fused-ring (bicyclic) bond motifs is 2. The van der Waals surface area contributed by atoms with E-state index in [-0.39, 0.29) is 11.8 Å². The van der Waals surface area contributed by atoms with Crippen molar-refractivity contribution in [2.24, 2.45) is 0 Å². The van der Waals surface area contributed by atoms with Gasteiger partial charge in [-0.2, -0.15) is 0 Å². The van der Waals surface area contributed by atoms with E-state index < -0.39 is 6.04 Å². The van der Waals surface area contributed by atoms with Crippen LogP contribution in [0.15, 0.2) is 42.5 Å². The Balaban J connectivity index is 1.47. The number of amides is 2. The Hall–Kier alpha value is -3.08. The van der Waals surface area contributed by atoms with Gasteiger partial charge in [0.15, 0.2) is 0 Å². The molecule has 1 aliphatic heterocycles. The van der Waals surface area contributed by atoms with Gasteiger partial charge in [-0.15, -0.1) is 0 Å². The lowest BCUT2D eigenvalue weighted by molar-refractivity contribution is -0.126. The summed E-state index contributed by atoms with van der Waals surface area (Å²) in [5, 5.41) is 4.20. The second-order valence-electron chi connectivity index (χ2n) is 7.49. The lowest BCUT2D eigenvalue weighted by Crippen LogP contribution is -2.46. The number of nitrogens with zero attached hydrogens (tertiary/aromatic N) is 1. The first-order chi connectivity index (χ1) is 13.5. The molecule has 0 fully saturated rings. The molecular weight excluding hydrogens is 350 g/mol. The SMILES string of the molecule is CC[C@@H](C(=O)NCc1ccc2[nH]c(C)c(C)c2c1)N1Cc2ccccc2C1=O. The van der Waals surface area contributed by atoms with Crippen LogP contribution in [0.25, 0.3) is 10.9 Å². The number of rotatable bonds is 5. The van der Waals surface area contributed by atoms with Crippen molar-refractivity contribution >= 4 is 22.7 Å². The van der Waals surface area contributed by atoms with E-state index >= 15 is 0 Å². The zero-order valence-corrected chi connectivity index (χ0v) is 16.5. The molecule has 5 nitrogen and oxygen atoms in total. The maximum atomic E-state index is 12.9. The van der Waals surface area contributed by atoms with Crippen LogP contribution in [0, 0.1) is 13.8 Å². The molecule has 1 aliphatic rings. The molecule has 5 heteroatoms. The minimum absolute atomic E-state index is 0.0579. The second kappa shape index (κ2) is 7.15. The van der Waals surface area contributed by atoms with Crippen molar-refractivity contribution < 1.29 is 9.59 Å². The number of hydrogen-bond donors (Lipinski definition) is 2. The van der Waals surface area contributed by atoms with Crippen LogP contribution in [-0.2, 0) is 17.9 Å². The van der Waals surface area contributed by atoms with Gasteiger partial charge < -0.3 is 15.2 Å². The van der Waals surface area contributed by atoms with Gasteiger partial charge in [0, 0.05) is 35.2 Å². The van der Waals surface area contributed by atoms with Crippen molar-refractivity contribution in [3.8, 4) is 0 Å². The van der Waals surface area contributed by atoms with Crippen molar-refractivity contribution in [1.82, 2.24) is 15.2 Å². The largest absolute Gasteiger partial charge is 0.358 e. The number of benzene rings is 2. The number of aromatic amines is 1. The molecule has 3 aromatic rings. The summed E-state index contributed by atoms with van der Waals surface area (Å²) in [6.45, 7) is 7.05. The van der Waals surface area contributed by atoms with Gasteiger partial charge in [-0.3, -0.25) is 9.59 Å². The summed E-state index contributed by atoms with van der Waals surface area (Å²) >= 11 is 0. The van der Waals surface area contributed by atoms with Gasteiger partial charge in [0.25, 0.3) is 5.91 Å². The molecule has 0 bridgehead atoms. The lowest BCUT2D eigenvalue weighted by Gasteiger charge is -2.25. The van der Waals surface area contributed by atoms with E-state index in [0.29, 0.717) is 25.1 Å². The van der Waals surface area contributed by atoms with Crippen molar-refractivity contribution in [3.05, 3.63) is 70.4 Å². The predicted octanol–water partition coefficient (Wildman–Crippen LogP) is 3.84. The van der Waals surface area contributed by atoms with Crippen molar-refractivity contribution in [2.45, 2.75) is 46.3 Å². The smallest absolute Gasteiger partial charge is 0.255 e. The fourth-order valence-electron chi connectivity index (χ4n) is 4.00. The van der Waals surface area contributed by atoms with Crippen LogP contribution in [0.4, 0.5) is 0 Å². The Kier molecular flexibility index (Phi) is 4.67. The molecule has 144 valence electrons. The van der Waals surface area contributed by atoms with Crippen LogP contribution in [0.5, 0.6) is 0 Å². The highest BCUT2D eigenvalue weighted by Crippen LogP contribution is 2.26. The van der Waals surface area contributed by atoms with E-state index in [1.807, 2.05) is 37.3 Å². The Bertz CT molecular complexity index is 1070. The summed E-state index contributed by atoms with van der Waals surface area (Å²) < 4.78 is 0. The molecule has 0 aliphatic carbocycles. The number of hydrogen-bond acceptors (Lipinski definition) is 2. The number of aryl methyl sites for hydroxylation is 2. The van der Waals surface area contributed by atoms with Crippen LogP contribution >= 0.6 is 0 Å². The molecule has 2 amide bonds. The van der Waals surface area contributed by atoms with Gasteiger partial charge in [0.1, 0.15) is 6.04 Å². The van der Waals surface area contributed by atoms with Gasteiger partial charge in [0.05, 0.1) is 0 Å². The minimum Gasteiger partial charge on any atom is -0.358 e. The zero-order chi connectivity index (χ0) is 19.8. The normalized spacial score (nSPS) is 14.4. The van der Waals surface area contributed by atoms with Crippen LogP contribution in [0.1, 0.15) is 46.1 Å². The second-order valence-corrected chi connectivity index (χ2v) is 7.49. The summed E-state index contributed by atoms with van der Waals surface area (Å²) in [5.41, 5.74) is 6.25. The molecule has 0 spiro atoms. The monoisotopic (exact) mass is 375 g/mol. The lowest BCUT2D eigenvalue weighted by atomic mass is 10.1. The Morgan fingerprint density at radius 1 is 1.21 bits per heavy atom. The Morgan fingerprint density at radius 2 is 2.00 bits per heavy atom. The fraction of sp³-hybridized carbons (Fsp3) is 0.304. The van der Waals surface area contributed by atoms with Gasteiger partial charge in [-0.1, -0.05) is 31.2 Å². The molecule has 1 aromatic heterocycles. The standard InChI is InChI=1S/C23H25N3O2/c1-4-21(26-13-17-7-5-6-8-18(17)23(26)28)22(27)24-12-16-9-10-20-19(11-16)14(2)15(3)25-20/h5-11,21,25H,4,12-13H2,1-3H3,(H,24,27)/t21-/m0/s1. The van der Waals surface area contributed by atoms with E-state index in [1.54, 1.807) is 4.90 Å². The molecule has 0 unspecified atom stereocenters. The molecule has 28 heavy (non-hydrogen) atoms. The summed E-state index contributed by atoms with van der Waals surface area (Å²) in [7, 11) is 0. The summed E-state index contributed by atoms with van der Waals surface area (Å²) in [4.78, 5) is 30.6. The van der Waals surface area contributed by atoms with Crippen molar-refractivity contribution in [3.63, 3.8) is 0 Å². The minimum atomic E-state index is -0.458. The highest BCUT2D eigenvalue weighted by Gasteiger charge is 2.34. The molecule has 1 atom stereocenters. The first kappa shape index (κ1) is 18.3. The third-order valence-corrected chi connectivity index (χ3v) is 5.75. The third kappa shape index (κ3) is 3.07. The maximum absolute atomic E-state index is 12.9. The highest BCUT2D eigenvalue weighted by molar-refractivity contribution is 6.01. The predicted molar refractivity (Wildman–Crippen MR) is 110 cm³/mol.